The lowest BCUT2D eigenvalue weighted by Crippen LogP contribution is -2.33. The monoisotopic (exact) mass is 384 g/mol. The molecule has 0 aliphatic heterocycles. The molecule has 1 aliphatic rings. The van der Waals surface area contributed by atoms with E-state index in [1.807, 2.05) is 30.7 Å². The van der Waals surface area contributed by atoms with Crippen LogP contribution in [0.1, 0.15) is 31.2 Å². The summed E-state index contributed by atoms with van der Waals surface area (Å²) in [6.45, 7) is 7.32. The number of hydrogen-bond donors (Lipinski definition) is 2. The fourth-order valence-corrected chi connectivity index (χ4v) is 2.96. The van der Waals surface area contributed by atoms with Gasteiger partial charge >= 0.3 is 0 Å². The maximum atomic E-state index is 12.1. The summed E-state index contributed by atoms with van der Waals surface area (Å²) in [4.78, 5) is 23.9. The molecule has 0 spiro atoms. The van der Waals surface area contributed by atoms with E-state index in [0.717, 1.165) is 30.8 Å². The van der Waals surface area contributed by atoms with Gasteiger partial charge in [0.1, 0.15) is 5.75 Å². The highest BCUT2D eigenvalue weighted by molar-refractivity contribution is 5.94. The van der Waals surface area contributed by atoms with Crippen LogP contribution in [0.25, 0.3) is 0 Å². The molecule has 150 valence electrons. The zero-order chi connectivity index (χ0) is 20.1. The lowest BCUT2D eigenvalue weighted by molar-refractivity contribution is -0.123. The van der Waals surface area contributed by atoms with E-state index in [1.54, 1.807) is 18.2 Å². The largest absolute Gasteiger partial charge is 0.484 e. The summed E-state index contributed by atoms with van der Waals surface area (Å²) in [5, 5.41) is 10.2. The number of nitrogens with one attached hydrogen (secondary N) is 2. The molecule has 0 bridgehead atoms. The third-order valence-corrected chi connectivity index (χ3v) is 4.66. The Morgan fingerprint density at radius 1 is 1.29 bits per heavy atom. The zero-order valence-corrected chi connectivity index (χ0v) is 16.7. The molecule has 2 N–H and O–H groups in total. The first-order valence-electron chi connectivity index (χ1n) is 9.72. The van der Waals surface area contributed by atoms with Crippen LogP contribution in [0.15, 0.2) is 30.3 Å². The summed E-state index contributed by atoms with van der Waals surface area (Å²) in [5.41, 5.74) is 2.80. The quantitative estimate of drug-likeness (QED) is 0.696. The Morgan fingerprint density at radius 3 is 2.75 bits per heavy atom. The SMILES string of the molecule is Cc1cc(C)n(CC(C)CNC(=O)COc2cccc(NC(=O)C3CC3)c2)n1. The molecule has 1 aliphatic carbocycles. The molecule has 1 atom stereocenters. The maximum absolute atomic E-state index is 12.1. The fraction of sp³-hybridized carbons (Fsp3) is 0.476. The third kappa shape index (κ3) is 5.84. The second-order valence-corrected chi connectivity index (χ2v) is 7.60. The molecule has 2 aromatic rings. The number of aromatic nitrogens is 2. The minimum atomic E-state index is -0.173. The van der Waals surface area contributed by atoms with Gasteiger partial charge < -0.3 is 15.4 Å². The number of amides is 2. The lowest BCUT2D eigenvalue weighted by Gasteiger charge is -2.14. The highest BCUT2D eigenvalue weighted by Crippen LogP contribution is 2.30. The second kappa shape index (κ2) is 8.91. The van der Waals surface area contributed by atoms with Crippen LogP contribution in [0.3, 0.4) is 0 Å². The maximum Gasteiger partial charge on any atom is 0.257 e. The zero-order valence-electron chi connectivity index (χ0n) is 16.7. The van der Waals surface area contributed by atoms with Gasteiger partial charge in [-0.25, -0.2) is 0 Å². The first-order chi connectivity index (χ1) is 13.4. The number of ether oxygens (including phenoxy) is 1. The van der Waals surface area contributed by atoms with Gasteiger partial charge in [0, 0.05) is 36.5 Å². The van der Waals surface area contributed by atoms with E-state index in [2.05, 4.69) is 22.7 Å². The molecule has 0 saturated heterocycles. The molecule has 1 aromatic heterocycles. The molecule has 3 rings (SSSR count). The van der Waals surface area contributed by atoms with Gasteiger partial charge in [-0.1, -0.05) is 13.0 Å². The van der Waals surface area contributed by atoms with Crippen LogP contribution in [0.5, 0.6) is 5.75 Å². The predicted molar refractivity (Wildman–Crippen MR) is 107 cm³/mol. The molecule has 1 aromatic carbocycles. The van der Waals surface area contributed by atoms with Crippen LogP contribution in [0.2, 0.25) is 0 Å². The van der Waals surface area contributed by atoms with Crippen molar-refractivity contribution in [3.8, 4) is 5.75 Å². The Morgan fingerprint density at radius 2 is 2.07 bits per heavy atom. The van der Waals surface area contributed by atoms with E-state index >= 15 is 0 Å². The van der Waals surface area contributed by atoms with Crippen molar-refractivity contribution in [1.29, 1.82) is 0 Å². The van der Waals surface area contributed by atoms with E-state index in [1.165, 1.54) is 0 Å². The van der Waals surface area contributed by atoms with E-state index in [4.69, 9.17) is 4.74 Å². The Balaban J connectivity index is 1.40. The first kappa shape index (κ1) is 19.9. The number of anilines is 1. The van der Waals surface area contributed by atoms with Gasteiger partial charge in [0.05, 0.1) is 5.69 Å². The molecule has 7 heteroatoms. The molecule has 2 amide bonds. The molecule has 1 heterocycles. The van der Waals surface area contributed by atoms with Crippen LogP contribution in [-0.2, 0) is 16.1 Å². The topological polar surface area (TPSA) is 85.3 Å². The first-order valence-corrected chi connectivity index (χ1v) is 9.72. The third-order valence-electron chi connectivity index (χ3n) is 4.66. The molecular formula is C21H28N4O3. The van der Waals surface area contributed by atoms with Gasteiger partial charge in [-0.3, -0.25) is 14.3 Å². The van der Waals surface area contributed by atoms with E-state index in [-0.39, 0.29) is 30.3 Å². The Bertz CT molecular complexity index is 842. The Hall–Kier alpha value is -2.83. The van der Waals surface area contributed by atoms with Crippen molar-refractivity contribution in [1.82, 2.24) is 15.1 Å². The normalized spacial score (nSPS) is 14.4. The summed E-state index contributed by atoms with van der Waals surface area (Å²) < 4.78 is 7.52. The highest BCUT2D eigenvalue weighted by atomic mass is 16.5. The molecule has 28 heavy (non-hydrogen) atoms. The van der Waals surface area contributed by atoms with Gasteiger partial charge in [0.2, 0.25) is 5.91 Å². The molecule has 7 nitrogen and oxygen atoms in total. The fourth-order valence-electron chi connectivity index (χ4n) is 2.96. The van der Waals surface area contributed by atoms with Crippen molar-refractivity contribution in [2.24, 2.45) is 11.8 Å². The van der Waals surface area contributed by atoms with Crippen LogP contribution >= 0.6 is 0 Å². The van der Waals surface area contributed by atoms with Crippen molar-refractivity contribution in [3.05, 3.63) is 41.7 Å². The number of hydrogen-bond acceptors (Lipinski definition) is 4. The van der Waals surface area contributed by atoms with E-state index in [9.17, 15) is 9.59 Å². The summed E-state index contributed by atoms with van der Waals surface area (Å²) >= 11 is 0. The lowest BCUT2D eigenvalue weighted by atomic mass is 10.2. The highest BCUT2D eigenvalue weighted by Gasteiger charge is 2.29. The van der Waals surface area contributed by atoms with Crippen LogP contribution < -0.4 is 15.4 Å². The molecule has 1 fully saturated rings. The summed E-state index contributed by atoms with van der Waals surface area (Å²) in [6, 6.07) is 9.16. The van der Waals surface area contributed by atoms with Gasteiger partial charge in [-0.15, -0.1) is 0 Å². The summed E-state index contributed by atoms with van der Waals surface area (Å²) in [6.07, 6.45) is 1.92. The molecule has 0 radical (unpaired) electrons. The smallest absolute Gasteiger partial charge is 0.257 e. The van der Waals surface area contributed by atoms with Gasteiger partial charge in [0.15, 0.2) is 6.61 Å². The van der Waals surface area contributed by atoms with Gasteiger partial charge in [0.25, 0.3) is 5.91 Å². The summed E-state index contributed by atoms with van der Waals surface area (Å²) in [7, 11) is 0. The van der Waals surface area contributed by atoms with Crippen molar-refractivity contribution in [3.63, 3.8) is 0 Å². The minimum Gasteiger partial charge on any atom is -0.484 e. The minimum absolute atomic E-state index is 0.0477. The summed E-state index contributed by atoms with van der Waals surface area (Å²) in [5.74, 6) is 0.827. The number of rotatable bonds is 9. The number of carbonyl (C=O) groups excluding carboxylic acids is 2. The predicted octanol–water partition coefficient (Wildman–Crippen LogP) is 2.68. The molecule has 1 unspecified atom stereocenters. The average molecular weight is 384 g/mol. The van der Waals surface area contributed by atoms with Gasteiger partial charge in [-0.2, -0.15) is 5.10 Å². The number of nitrogens with zero attached hydrogens (tertiary/aromatic N) is 2. The van der Waals surface area contributed by atoms with Crippen LogP contribution in [0, 0.1) is 25.7 Å². The molecule has 1 saturated carbocycles. The van der Waals surface area contributed by atoms with E-state index in [0.29, 0.717) is 18.0 Å². The Labute approximate surface area is 165 Å². The van der Waals surface area contributed by atoms with Crippen LogP contribution in [0.4, 0.5) is 5.69 Å². The molecular weight excluding hydrogens is 356 g/mol. The van der Waals surface area contributed by atoms with E-state index < -0.39 is 0 Å². The van der Waals surface area contributed by atoms with Gasteiger partial charge in [-0.05, 0) is 50.8 Å². The number of aryl methyl sites for hydroxylation is 2. The van der Waals surface area contributed by atoms with Crippen molar-refractivity contribution in [2.45, 2.75) is 40.2 Å². The number of benzene rings is 1. The standard InChI is InChI=1S/C21H28N4O3/c1-14(12-25-16(3)9-15(2)24-25)11-22-20(26)13-28-19-6-4-5-18(10-19)23-21(27)17-7-8-17/h4-6,9-10,14,17H,7-8,11-13H2,1-3H3,(H,22,26)(H,23,27). The van der Waals surface area contributed by atoms with Crippen LogP contribution in [-0.4, -0.2) is 34.7 Å². The second-order valence-electron chi connectivity index (χ2n) is 7.60. The van der Waals surface area contributed by atoms with Crippen molar-refractivity contribution >= 4 is 17.5 Å². The van der Waals surface area contributed by atoms with Crippen molar-refractivity contribution in [2.75, 3.05) is 18.5 Å². The Kier molecular flexibility index (Phi) is 6.34. The number of carbonyl (C=O) groups is 2. The average Bonchev–Trinajstić information content (AvgIpc) is 3.45. The van der Waals surface area contributed by atoms with Crippen molar-refractivity contribution < 1.29 is 14.3 Å².